The number of carbonyl (C=O) groups is 1. The van der Waals surface area contributed by atoms with Crippen LogP contribution in [-0.4, -0.2) is 43.8 Å². The fourth-order valence-electron chi connectivity index (χ4n) is 1.92. The largest absolute Gasteiger partial charge is 0.481 e. The van der Waals surface area contributed by atoms with Crippen molar-refractivity contribution in [2.45, 2.75) is 13.5 Å². The van der Waals surface area contributed by atoms with Crippen LogP contribution in [0.2, 0.25) is 0 Å². The molecule has 1 atom stereocenters. The third-order valence-corrected chi connectivity index (χ3v) is 3.25. The van der Waals surface area contributed by atoms with Gasteiger partial charge < -0.3 is 5.11 Å². The van der Waals surface area contributed by atoms with Gasteiger partial charge in [0.05, 0.1) is 12.5 Å². The van der Waals surface area contributed by atoms with Gasteiger partial charge in [0.25, 0.3) is 0 Å². The second-order valence-electron chi connectivity index (χ2n) is 4.38. The van der Waals surface area contributed by atoms with Crippen LogP contribution in [0.4, 0.5) is 0 Å². The van der Waals surface area contributed by atoms with Gasteiger partial charge in [0.15, 0.2) is 0 Å². The van der Waals surface area contributed by atoms with E-state index in [1.165, 1.54) is 6.33 Å². The van der Waals surface area contributed by atoms with Crippen molar-refractivity contribution in [1.82, 2.24) is 19.7 Å². The van der Waals surface area contributed by atoms with E-state index in [9.17, 15) is 4.79 Å². The molecule has 1 aromatic heterocycles. The topological polar surface area (TPSA) is 71.2 Å². The SMILES string of the molecule is CC(C(=O)O)C1CN(Cc2ncnn2C)C1. The highest BCUT2D eigenvalue weighted by Gasteiger charge is 2.34. The quantitative estimate of drug-likeness (QED) is 0.777. The highest BCUT2D eigenvalue weighted by molar-refractivity contribution is 5.70. The van der Waals surface area contributed by atoms with Gasteiger partial charge >= 0.3 is 5.97 Å². The standard InChI is InChI=1S/C10H16N4O2/c1-7(10(15)16)8-3-14(4-8)5-9-11-6-12-13(9)2/h6-8H,3-5H2,1-2H3,(H,15,16). The van der Waals surface area contributed by atoms with Gasteiger partial charge in [0, 0.05) is 20.1 Å². The molecule has 0 aromatic carbocycles. The lowest BCUT2D eigenvalue weighted by molar-refractivity contribution is -0.145. The molecule has 1 unspecified atom stereocenters. The number of carboxylic acid groups (broad SMARTS) is 1. The molecule has 0 saturated carbocycles. The van der Waals surface area contributed by atoms with E-state index in [0.29, 0.717) is 0 Å². The maximum absolute atomic E-state index is 10.8. The van der Waals surface area contributed by atoms with Crippen LogP contribution in [0.25, 0.3) is 0 Å². The Kier molecular flexibility index (Phi) is 2.91. The van der Waals surface area contributed by atoms with Crippen molar-refractivity contribution in [2.75, 3.05) is 13.1 Å². The normalized spacial score (nSPS) is 19.4. The molecular formula is C10H16N4O2. The summed E-state index contributed by atoms with van der Waals surface area (Å²) in [6.07, 6.45) is 1.53. The van der Waals surface area contributed by atoms with Crippen LogP contribution in [0.5, 0.6) is 0 Å². The van der Waals surface area contributed by atoms with Crippen molar-refractivity contribution in [3.63, 3.8) is 0 Å². The van der Waals surface area contributed by atoms with Crippen LogP contribution in [0.3, 0.4) is 0 Å². The number of rotatable bonds is 4. The summed E-state index contributed by atoms with van der Waals surface area (Å²) in [5, 5.41) is 12.9. The molecule has 2 rings (SSSR count). The Bertz CT molecular complexity index is 384. The third-order valence-electron chi connectivity index (χ3n) is 3.25. The summed E-state index contributed by atoms with van der Waals surface area (Å²) in [4.78, 5) is 17.1. The third kappa shape index (κ3) is 2.06. The molecule has 2 heterocycles. The fraction of sp³-hybridized carbons (Fsp3) is 0.700. The van der Waals surface area contributed by atoms with Crippen molar-refractivity contribution in [3.8, 4) is 0 Å². The Morgan fingerprint density at radius 3 is 2.88 bits per heavy atom. The number of aryl methyl sites for hydroxylation is 1. The molecule has 0 amide bonds. The Balaban J connectivity index is 1.81. The smallest absolute Gasteiger partial charge is 0.306 e. The minimum atomic E-state index is -0.705. The second kappa shape index (κ2) is 4.21. The van der Waals surface area contributed by atoms with E-state index in [-0.39, 0.29) is 11.8 Å². The molecule has 6 heteroatoms. The van der Waals surface area contributed by atoms with Crippen molar-refractivity contribution < 1.29 is 9.90 Å². The highest BCUT2D eigenvalue weighted by atomic mass is 16.4. The average molecular weight is 224 g/mol. The number of aliphatic carboxylic acids is 1. The van der Waals surface area contributed by atoms with Gasteiger partial charge in [-0.2, -0.15) is 5.10 Å². The molecular weight excluding hydrogens is 208 g/mol. The predicted molar refractivity (Wildman–Crippen MR) is 56.6 cm³/mol. The first-order valence-electron chi connectivity index (χ1n) is 5.36. The summed E-state index contributed by atoms with van der Waals surface area (Å²) in [7, 11) is 1.86. The monoisotopic (exact) mass is 224 g/mol. The molecule has 88 valence electrons. The van der Waals surface area contributed by atoms with Gasteiger partial charge in [0.1, 0.15) is 12.2 Å². The Labute approximate surface area is 93.9 Å². The van der Waals surface area contributed by atoms with E-state index < -0.39 is 5.97 Å². The molecule has 1 fully saturated rings. The molecule has 1 saturated heterocycles. The number of aromatic nitrogens is 3. The van der Waals surface area contributed by atoms with Gasteiger partial charge in [0.2, 0.25) is 0 Å². The summed E-state index contributed by atoms with van der Waals surface area (Å²) in [6, 6.07) is 0. The van der Waals surface area contributed by atoms with Gasteiger partial charge in [-0.25, -0.2) is 4.98 Å². The Morgan fingerprint density at radius 1 is 1.69 bits per heavy atom. The van der Waals surface area contributed by atoms with Crippen LogP contribution < -0.4 is 0 Å². The van der Waals surface area contributed by atoms with Crippen LogP contribution >= 0.6 is 0 Å². The van der Waals surface area contributed by atoms with Gasteiger partial charge in [-0.1, -0.05) is 6.92 Å². The van der Waals surface area contributed by atoms with Crippen molar-refractivity contribution in [1.29, 1.82) is 0 Å². The Hall–Kier alpha value is -1.43. The molecule has 1 aromatic rings. The molecule has 1 N–H and O–H groups in total. The van der Waals surface area contributed by atoms with Crippen LogP contribution in [0, 0.1) is 11.8 Å². The highest BCUT2D eigenvalue weighted by Crippen LogP contribution is 2.24. The molecule has 0 spiro atoms. The predicted octanol–water partition coefficient (Wildman–Crippen LogP) is -0.0324. The lowest BCUT2D eigenvalue weighted by Gasteiger charge is -2.40. The van der Waals surface area contributed by atoms with E-state index in [1.807, 2.05) is 7.05 Å². The van der Waals surface area contributed by atoms with E-state index in [1.54, 1.807) is 11.6 Å². The van der Waals surface area contributed by atoms with Crippen LogP contribution in [-0.2, 0) is 18.4 Å². The van der Waals surface area contributed by atoms with Gasteiger partial charge in [-0.15, -0.1) is 0 Å². The molecule has 16 heavy (non-hydrogen) atoms. The van der Waals surface area contributed by atoms with Crippen molar-refractivity contribution in [3.05, 3.63) is 12.2 Å². The first-order valence-corrected chi connectivity index (χ1v) is 5.36. The summed E-state index contributed by atoms with van der Waals surface area (Å²) < 4.78 is 1.74. The van der Waals surface area contributed by atoms with E-state index in [0.717, 1.165) is 25.5 Å². The number of hydrogen-bond acceptors (Lipinski definition) is 4. The van der Waals surface area contributed by atoms with Crippen molar-refractivity contribution >= 4 is 5.97 Å². The number of likely N-dealkylation sites (tertiary alicyclic amines) is 1. The molecule has 0 bridgehead atoms. The summed E-state index contributed by atoms with van der Waals surface area (Å²) in [6.45, 7) is 4.19. The van der Waals surface area contributed by atoms with Gasteiger partial charge in [-0.3, -0.25) is 14.4 Å². The second-order valence-corrected chi connectivity index (χ2v) is 4.38. The number of nitrogens with zero attached hydrogens (tertiary/aromatic N) is 4. The Morgan fingerprint density at radius 2 is 2.38 bits per heavy atom. The zero-order valence-electron chi connectivity index (χ0n) is 9.50. The molecule has 1 aliphatic rings. The molecule has 6 nitrogen and oxygen atoms in total. The van der Waals surface area contributed by atoms with E-state index in [4.69, 9.17) is 5.11 Å². The molecule has 0 aliphatic carbocycles. The maximum atomic E-state index is 10.8. The number of carboxylic acids is 1. The average Bonchev–Trinajstić information content (AvgIpc) is 2.56. The minimum absolute atomic E-state index is 0.254. The molecule has 0 radical (unpaired) electrons. The molecule has 1 aliphatic heterocycles. The zero-order valence-corrected chi connectivity index (χ0v) is 9.50. The summed E-state index contributed by atoms with van der Waals surface area (Å²) in [5.74, 6) is 0.228. The summed E-state index contributed by atoms with van der Waals surface area (Å²) in [5.41, 5.74) is 0. The zero-order chi connectivity index (χ0) is 11.7. The lowest BCUT2D eigenvalue weighted by atomic mass is 9.87. The van der Waals surface area contributed by atoms with E-state index >= 15 is 0 Å². The van der Waals surface area contributed by atoms with Crippen LogP contribution in [0.15, 0.2) is 6.33 Å². The summed E-state index contributed by atoms with van der Waals surface area (Å²) >= 11 is 0. The minimum Gasteiger partial charge on any atom is -0.481 e. The lowest BCUT2D eigenvalue weighted by Crippen LogP contribution is -2.50. The van der Waals surface area contributed by atoms with Gasteiger partial charge in [-0.05, 0) is 5.92 Å². The first kappa shape index (κ1) is 11.1. The fourth-order valence-corrected chi connectivity index (χ4v) is 1.92. The maximum Gasteiger partial charge on any atom is 0.306 e. The van der Waals surface area contributed by atoms with Crippen molar-refractivity contribution in [2.24, 2.45) is 18.9 Å². The first-order chi connectivity index (χ1) is 7.58. The van der Waals surface area contributed by atoms with Crippen LogP contribution in [0.1, 0.15) is 12.7 Å². The number of hydrogen-bond donors (Lipinski definition) is 1. The van der Waals surface area contributed by atoms with E-state index in [2.05, 4.69) is 15.0 Å².